The largest absolute Gasteiger partial charge is 0.481 e. The number of nitrogens with one attached hydrogen (secondary N) is 1. The van der Waals surface area contributed by atoms with E-state index in [9.17, 15) is 4.79 Å². The van der Waals surface area contributed by atoms with Gasteiger partial charge in [0.25, 0.3) is 0 Å². The van der Waals surface area contributed by atoms with E-state index in [4.69, 9.17) is 10.8 Å². The Balaban J connectivity index is 2.85. The third-order valence-electron chi connectivity index (χ3n) is 1.23. The van der Waals surface area contributed by atoms with Gasteiger partial charge in [-0.3, -0.25) is 10.5 Å². The van der Waals surface area contributed by atoms with Gasteiger partial charge in [0.15, 0.2) is 0 Å². The number of carboxylic acid groups (broad SMARTS) is 1. The summed E-state index contributed by atoms with van der Waals surface area (Å²) in [6.45, 7) is 1.61. The van der Waals surface area contributed by atoms with E-state index in [1.165, 1.54) is 0 Å². The fourth-order valence-electron chi connectivity index (χ4n) is 0.691. The number of carboxylic acids is 1. The van der Waals surface area contributed by atoms with Crippen LogP contribution in [0.4, 0.5) is 0 Å². The van der Waals surface area contributed by atoms with Crippen LogP contribution >= 0.6 is 0 Å². The molecule has 0 aliphatic rings. The number of hydrogen-bond donors (Lipinski definition) is 1. The number of hydrogen-bond acceptors (Lipinski definition) is 1. The van der Waals surface area contributed by atoms with Gasteiger partial charge < -0.3 is 5.11 Å². The SMILES string of the molecule is [NH]CC[N]CCCCC(=O)O. The maximum Gasteiger partial charge on any atom is 0.303 e. The van der Waals surface area contributed by atoms with Crippen LogP contribution in [0.1, 0.15) is 19.3 Å². The molecule has 4 nitrogen and oxygen atoms in total. The molecule has 0 aliphatic carbocycles. The van der Waals surface area contributed by atoms with Crippen molar-refractivity contribution in [1.29, 1.82) is 0 Å². The normalized spacial score (nSPS) is 9.91. The minimum absolute atomic E-state index is 0.233. The standard InChI is InChI=1S/C7H14N2O2/c8-4-6-9-5-2-1-3-7(10)11/h8H,1-6H2,(H,10,11). The molecule has 2 radical (unpaired) electrons. The molecule has 0 aromatic carbocycles. The summed E-state index contributed by atoms with van der Waals surface area (Å²) in [4.78, 5) is 10.0. The molecule has 0 aromatic heterocycles. The van der Waals surface area contributed by atoms with Gasteiger partial charge in [0, 0.05) is 26.1 Å². The van der Waals surface area contributed by atoms with E-state index >= 15 is 0 Å². The van der Waals surface area contributed by atoms with Gasteiger partial charge in [0.05, 0.1) is 0 Å². The highest BCUT2D eigenvalue weighted by Gasteiger charge is 1.95. The van der Waals surface area contributed by atoms with Crippen molar-refractivity contribution in [3.05, 3.63) is 0 Å². The van der Waals surface area contributed by atoms with Crippen LogP contribution in [0.5, 0.6) is 0 Å². The lowest BCUT2D eigenvalue weighted by molar-refractivity contribution is -0.137. The van der Waals surface area contributed by atoms with E-state index in [0.717, 1.165) is 6.42 Å². The van der Waals surface area contributed by atoms with Crippen molar-refractivity contribution in [2.45, 2.75) is 19.3 Å². The molecular weight excluding hydrogens is 144 g/mol. The van der Waals surface area contributed by atoms with Crippen molar-refractivity contribution >= 4 is 5.97 Å². The molecule has 0 heterocycles. The highest BCUT2D eigenvalue weighted by Crippen LogP contribution is 1.93. The number of carbonyl (C=O) groups is 1. The van der Waals surface area contributed by atoms with Crippen LogP contribution < -0.4 is 11.1 Å². The smallest absolute Gasteiger partial charge is 0.303 e. The zero-order chi connectivity index (χ0) is 8.53. The lowest BCUT2D eigenvalue weighted by Gasteiger charge is -1.97. The Kier molecular flexibility index (Phi) is 7.08. The van der Waals surface area contributed by atoms with Crippen LogP contribution in [0.3, 0.4) is 0 Å². The second-order valence-corrected chi connectivity index (χ2v) is 2.27. The first-order chi connectivity index (χ1) is 5.27. The molecule has 0 aliphatic heterocycles. The van der Waals surface area contributed by atoms with Gasteiger partial charge in [-0.2, -0.15) is 0 Å². The number of aliphatic carboxylic acids is 1. The zero-order valence-corrected chi connectivity index (χ0v) is 6.55. The molecule has 64 valence electrons. The van der Waals surface area contributed by atoms with E-state index < -0.39 is 5.97 Å². The Morgan fingerprint density at radius 1 is 1.36 bits per heavy atom. The van der Waals surface area contributed by atoms with Gasteiger partial charge in [0.1, 0.15) is 0 Å². The monoisotopic (exact) mass is 158 g/mol. The topological polar surface area (TPSA) is 75.2 Å². The fourth-order valence-corrected chi connectivity index (χ4v) is 0.691. The van der Waals surface area contributed by atoms with Gasteiger partial charge in [-0.25, -0.2) is 5.32 Å². The van der Waals surface area contributed by atoms with Crippen LogP contribution in [-0.2, 0) is 4.79 Å². The Hall–Kier alpha value is -0.610. The van der Waals surface area contributed by atoms with Crippen LogP contribution in [0.15, 0.2) is 0 Å². The van der Waals surface area contributed by atoms with Crippen LogP contribution in [0.2, 0.25) is 0 Å². The van der Waals surface area contributed by atoms with E-state index in [2.05, 4.69) is 5.32 Å². The fraction of sp³-hybridized carbons (Fsp3) is 0.857. The molecule has 2 N–H and O–H groups in total. The minimum atomic E-state index is -0.745. The molecule has 11 heavy (non-hydrogen) atoms. The summed E-state index contributed by atoms with van der Waals surface area (Å²) in [5, 5.41) is 12.3. The molecule has 0 saturated carbocycles. The molecule has 0 rings (SSSR count). The summed E-state index contributed by atoms with van der Waals surface area (Å²) < 4.78 is 0. The quantitative estimate of drug-likeness (QED) is 0.534. The van der Waals surface area contributed by atoms with Crippen LogP contribution in [0.25, 0.3) is 0 Å². The second kappa shape index (κ2) is 7.50. The lowest BCUT2D eigenvalue weighted by atomic mass is 10.2. The highest BCUT2D eigenvalue weighted by molar-refractivity contribution is 5.66. The Labute approximate surface area is 66.8 Å². The van der Waals surface area contributed by atoms with Crippen molar-refractivity contribution < 1.29 is 9.90 Å². The Bertz CT molecular complexity index is 107. The van der Waals surface area contributed by atoms with Crippen molar-refractivity contribution in [3.63, 3.8) is 0 Å². The summed E-state index contributed by atoms with van der Waals surface area (Å²) in [6.07, 6.45) is 1.75. The van der Waals surface area contributed by atoms with E-state index in [-0.39, 0.29) is 6.42 Å². The van der Waals surface area contributed by atoms with Crippen molar-refractivity contribution in [3.8, 4) is 0 Å². The Morgan fingerprint density at radius 3 is 2.64 bits per heavy atom. The van der Waals surface area contributed by atoms with Crippen LogP contribution in [0, 0.1) is 0 Å². The van der Waals surface area contributed by atoms with Gasteiger partial charge in [-0.05, 0) is 12.8 Å². The highest BCUT2D eigenvalue weighted by atomic mass is 16.4. The summed E-state index contributed by atoms with van der Waals surface area (Å²) in [5.74, 6) is -0.745. The first-order valence-electron chi connectivity index (χ1n) is 3.77. The maximum atomic E-state index is 10.0. The molecule has 4 heteroatoms. The van der Waals surface area contributed by atoms with Gasteiger partial charge >= 0.3 is 5.97 Å². The first-order valence-corrected chi connectivity index (χ1v) is 3.77. The predicted molar refractivity (Wildman–Crippen MR) is 41.3 cm³/mol. The van der Waals surface area contributed by atoms with E-state index in [1.807, 2.05) is 0 Å². The third kappa shape index (κ3) is 9.39. The summed E-state index contributed by atoms with van der Waals surface area (Å²) in [5.41, 5.74) is 6.76. The predicted octanol–water partition coefficient (Wildman–Crippen LogP) is 0.129. The van der Waals surface area contributed by atoms with E-state index in [0.29, 0.717) is 26.1 Å². The molecule has 0 unspecified atom stereocenters. The zero-order valence-electron chi connectivity index (χ0n) is 6.55. The summed E-state index contributed by atoms with van der Waals surface area (Å²) in [6, 6.07) is 0. The summed E-state index contributed by atoms with van der Waals surface area (Å²) in [7, 11) is 0. The molecule has 0 aromatic rings. The minimum Gasteiger partial charge on any atom is -0.481 e. The second-order valence-electron chi connectivity index (χ2n) is 2.27. The Morgan fingerprint density at radius 2 is 2.09 bits per heavy atom. The van der Waals surface area contributed by atoms with E-state index in [1.54, 1.807) is 0 Å². The maximum absolute atomic E-state index is 10.0. The number of nitrogens with zero attached hydrogens (tertiary/aromatic N) is 1. The van der Waals surface area contributed by atoms with Gasteiger partial charge in [-0.15, -0.1) is 0 Å². The molecule has 0 amide bonds. The summed E-state index contributed by atoms with van der Waals surface area (Å²) >= 11 is 0. The lowest BCUT2D eigenvalue weighted by Crippen LogP contribution is -2.12. The molecule has 0 spiro atoms. The van der Waals surface area contributed by atoms with Crippen molar-refractivity contribution in [1.82, 2.24) is 11.1 Å². The number of rotatable bonds is 7. The van der Waals surface area contributed by atoms with Gasteiger partial charge in [0.2, 0.25) is 0 Å². The average Bonchev–Trinajstić information content (AvgIpc) is 1.96. The molecule has 0 bridgehead atoms. The van der Waals surface area contributed by atoms with Gasteiger partial charge in [-0.1, -0.05) is 0 Å². The van der Waals surface area contributed by atoms with Crippen molar-refractivity contribution in [2.75, 3.05) is 19.6 Å². The molecule has 0 fully saturated rings. The van der Waals surface area contributed by atoms with Crippen molar-refractivity contribution in [2.24, 2.45) is 0 Å². The molecular formula is C7H14N2O2. The first kappa shape index (κ1) is 10.4. The molecule has 0 saturated heterocycles. The average molecular weight is 158 g/mol. The number of unbranched alkanes of at least 4 members (excludes halogenated alkanes) is 1. The molecule has 0 atom stereocenters. The van der Waals surface area contributed by atoms with Crippen LogP contribution in [-0.4, -0.2) is 30.7 Å². The third-order valence-corrected chi connectivity index (χ3v) is 1.23.